The molecule has 0 saturated heterocycles. The molecule has 27 heavy (non-hydrogen) atoms. The first kappa shape index (κ1) is 16.5. The average molecular weight is 363 g/mol. The Bertz CT molecular complexity index is 980. The van der Waals surface area contributed by atoms with Crippen LogP contribution in [0.1, 0.15) is 35.3 Å². The van der Waals surface area contributed by atoms with Crippen LogP contribution >= 0.6 is 0 Å². The van der Waals surface area contributed by atoms with Crippen molar-refractivity contribution in [3.63, 3.8) is 0 Å². The van der Waals surface area contributed by atoms with E-state index < -0.39 is 0 Å². The number of hydrogen-bond acceptors (Lipinski definition) is 3. The SMILES string of the molecule is CC(c1ccc2c(c1)OCC2)N1CCc2nn(-c3ccc(F)cc3)cc2C1. The van der Waals surface area contributed by atoms with Crippen molar-refractivity contribution in [1.82, 2.24) is 14.7 Å². The van der Waals surface area contributed by atoms with E-state index in [9.17, 15) is 4.39 Å². The van der Waals surface area contributed by atoms with Gasteiger partial charge in [-0.3, -0.25) is 4.90 Å². The van der Waals surface area contributed by atoms with Crippen LogP contribution in [0.4, 0.5) is 4.39 Å². The van der Waals surface area contributed by atoms with E-state index in [1.807, 2.05) is 4.68 Å². The number of nitrogens with zero attached hydrogens (tertiary/aromatic N) is 3. The van der Waals surface area contributed by atoms with Crippen molar-refractivity contribution in [1.29, 1.82) is 0 Å². The summed E-state index contributed by atoms with van der Waals surface area (Å²) in [6.07, 6.45) is 4.02. The van der Waals surface area contributed by atoms with Crippen molar-refractivity contribution in [2.45, 2.75) is 32.4 Å². The van der Waals surface area contributed by atoms with Gasteiger partial charge in [-0.25, -0.2) is 9.07 Å². The maximum Gasteiger partial charge on any atom is 0.123 e. The number of halogens is 1. The molecule has 0 bridgehead atoms. The summed E-state index contributed by atoms with van der Waals surface area (Å²) in [5.41, 5.74) is 5.88. The Morgan fingerprint density at radius 2 is 1.93 bits per heavy atom. The molecule has 3 aromatic rings. The molecule has 138 valence electrons. The molecular formula is C22H22FN3O. The average Bonchev–Trinajstić information content (AvgIpc) is 3.33. The van der Waals surface area contributed by atoms with Crippen molar-refractivity contribution < 1.29 is 9.13 Å². The molecule has 0 saturated carbocycles. The van der Waals surface area contributed by atoms with E-state index >= 15 is 0 Å². The number of hydrogen-bond donors (Lipinski definition) is 0. The maximum absolute atomic E-state index is 13.2. The van der Waals surface area contributed by atoms with Crippen LogP contribution in [0.25, 0.3) is 5.69 Å². The minimum atomic E-state index is -0.228. The Hall–Kier alpha value is -2.66. The van der Waals surface area contributed by atoms with E-state index in [4.69, 9.17) is 9.84 Å². The van der Waals surface area contributed by atoms with Crippen LogP contribution in [0.5, 0.6) is 5.75 Å². The Morgan fingerprint density at radius 1 is 1.07 bits per heavy atom. The van der Waals surface area contributed by atoms with E-state index in [-0.39, 0.29) is 5.82 Å². The molecule has 0 aliphatic carbocycles. The van der Waals surface area contributed by atoms with Crippen molar-refractivity contribution in [3.05, 3.63) is 76.9 Å². The molecule has 2 aromatic carbocycles. The lowest BCUT2D eigenvalue weighted by atomic mass is 10.0. The summed E-state index contributed by atoms with van der Waals surface area (Å²) in [4.78, 5) is 2.48. The largest absolute Gasteiger partial charge is 0.493 e. The molecule has 2 aliphatic rings. The first-order chi connectivity index (χ1) is 13.2. The van der Waals surface area contributed by atoms with Crippen LogP contribution in [0.2, 0.25) is 0 Å². The van der Waals surface area contributed by atoms with Crippen molar-refractivity contribution in [2.75, 3.05) is 13.2 Å². The fourth-order valence-corrected chi connectivity index (χ4v) is 4.05. The molecular weight excluding hydrogens is 341 g/mol. The highest BCUT2D eigenvalue weighted by Crippen LogP contribution is 2.32. The van der Waals surface area contributed by atoms with Crippen LogP contribution in [0.3, 0.4) is 0 Å². The standard InChI is InChI=1S/C22H22FN3O/c1-15(17-3-2-16-9-11-27-22(16)12-17)25-10-8-21-18(13-25)14-26(24-21)20-6-4-19(23)5-7-20/h2-7,12,14-15H,8-11,13H2,1H3. The van der Waals surface area contributed by atoms with Crippen molar-refractivity contribution in [2.24, 2.45) is 0 Å². The minimum Gasteiger partial charge on any atom is -0.493 e. The zero-order chi connectivity index (χ0) is 18.4. The van der Waals surface area contributed by atoms with Crippen LogP contribution < -0.4 is 4.74 Å². The quantitative estimate of drug-likeness (QED) is 0.703. The lowest BCUT2D eigenvalue weighted by molar-refractivity contribution is 0.191. The van der Waals surface area contributed by atoms with Crippen molar-refractivity contribution in [3.8, 4) is 11.4 Å². The molecule has 0 spiro atoms. The normalized spacial score (nSPS) is 17.3. The molecule has 4 nitrogen and oxygen atoms in total. The number of rotatable bonds is 3. The molecule has 0 radical (unpaired) electrons. The van der Waals surface area contributed by atoms with E-state index in [0.29, 0.717) is 6.04 Å². The Morgan fingerprint density at radius 3 is 2.78 bits per heavy atom. The van der Waals surface area contributed by atoms with Crippen LogP contribution in [0.15, 0.2) is 48.7 Å². The second-order valence-corrected chi connectivity index (χ2v) is 7.38. The van der Waals surface area contributed by atoms with Gasteiger partial charge < -0.3 is 4.74 Å². The van der Waals surface area contributed by atoms with E-state index in [1.54, 1.807) is 12.1 Å². The van der Waals surface area contributed by atoms with Crippen LogP contribution in [-0.4, -0.2) is 27.8 Å². The molecule has 1 unspecified atom stereocenters. The summed E-state index contributed by atoms with van der Waals surface area (Å²) < 4.78 is 20.8. The number of ether oxygens (including phenoxy) is 1. The smallest absolute Gasteiger partial charge is 0.123 e. The summed E-state index contributed by atoms with van der Waals surface area (Å²) >= 11 is 0. The van der Waals surface area contributed by atoms with Gasteiger partial charge in [-0.2, -0.15) is 5.10 Å². The molecule has 3 heterocycles. The summed E-state index contributed by atoms with van der Waals surface area (Å²) in [6, 6.07) is 13.4. The first-order valence-corrected chi connectivity index (χ1v) is 9.50. The number of benzene rings is 2. The number of aromatic nitrogens is 2. The summed E-state index contributed by atoms with van der Waals surface area (Å²) in [6.45, 7) is 4.90. The molecule has 0 amide bonds. The Labute approximate surface area is 158 Å². The fourth-order valence-electron chi connectivity index (χ4n) is 4.05. The van der Waals surface area contributed by atoms with Gasteiger partial charge >= 0.3 is 0 Å². The highest BCUT2D eigenvalue weighted by molar-refractivity contribution is 5.41. The third-order valence-electron chi connectivity index (χ3n) is 5.73. The summed E-state index contributed by atoms with van der Waals surface area (Å²) in [5, 5.41) is 4.71. The number of fused-ring (bicyclic) bond motifs is 2. The Balaban J connectivity index is 1.37. The van der Waals surface area contributed by atoms with Gasteiger partial charge in [0.25, 0.3) is 0 Å². The lowest BCUT2D eigenvalue weighted by Crippen LogP contribution is -2.32. The van der Waals surface area contributed by atoms with Gasteiger partial charge in [0, 0.05) is 43.7 Å². The molecule has 0 fully saturated rings. The van der Waals surface area contributed by atoms with Gasteiger partial charge in [0.05, 0.1) is 18.0 Å². The second kappa shape index (κ2) is 6.50. The first-order valence-electron chi connectivity index (χ1n) is 9.50. The van der Waals surface area contributed by atoms with Gasteiger partial charge in [-0.05, 0) is 48.4 Å². The third-order valence-corrected chi connectivity index (χ3v) is 5.73. The van der Waals surface area contributed by atoms with Crippen LogP contribution in [0, 0.1) is 5.82 Å². The van der Waals surface area contributed by atoms with Gasteiger partial charge in [-0.1, -0.05) is 12.1 Å². The highest BCUT2D eigenvalue weighted by Gasteiger charge is 2.25. The van der Waals surface area contributed by atoms with Gasteiger partial charge in [0.1, 0.15) is 11.6 Å². The summed E-state index contributed by atoms with van der Waals surface area (Å²) in [5.74, 6) is 0.815. The molecule has 5 rings (SSSR count). The fraction of sp³-hybridized carbons (Fsp3) is 0.318. The second-order valence-electron chi connectivity index (χ2n) is 7.38. The van der Waals surface area contributed by atoms with Gasteiger partial charge in [0.2, 0.25) is 0 Å². The molecule has 0 N–H and O–H groups in total. The molecule has 5 heteroatoms. The maximum atomic E-state index is 13.2. The topological polar surface area (TPSA) is 30.3 Å². The van der Waals surface area contributed by atoms with Crippen LogP contribution in [-0.2, 0) is 19.4 Å². The zero-order valence-electron chi connectivity index (χ0n) is 15.4. The summed E-state index contributed by atoms with van der Waals surface area (Å²) in [7, 11) is 0. The molecule has 2 aliphatic heterocycles. The highest BCUT2D eigenvalue weighted by atomic mass is 19.1. The lowest BCUT2D eigenvalue weighted by Gasteiger charge is -2.32. The predicted octanol–water partition coefficient (Wildman–Crippen LogP) is 4.07. The van der Waals surface area contributed by atoms with E-state index in [0.717, 1.165) is 49.7 Å². The van der Waals surface area contributed by atoms with E-state index in [2.05, 4.69) is 36.2 Å². The Kier molecular flexibility index (Phi) is 3.97. The van der Waals surface area contributed by atoms with E-state index in [1.165, 1.54) is 28.8 Å². The minimum absolute atomic E-state index is 0.228. The third kappa shape index (κ3) is 3.02. The van der Waals surface area contributed by atoms with Crippen molar-refractivity contribution >= 4 is 0 Å². The van der Waals surface area contributed by atoms with Gasteiger partial charge in [0.15, 0.2) is 0 Å². The zero-order valence-corrected chi connectivity index (χ0v) is 15.4. The monoisotopic (exact) mass is 363 g/mol. The van der Waals surface area contributed by atoms with Gasteiger partial charge in [-0.15, -0.1) is 0 Å². The molecule has 1 aromatic heterocycles. The molecule has 1 atom stereocenters. The predicted molar refractivity (Wildman–Crippen MR) is 102 cm³/mol.